The molecule has 0 amide bonds. The van der Waals surface area contributed by atoms with Crippen molar-refractivity contribution in [2.24, 2.45) is 62.6 Å². The van der Waals surface area contributed by atoms with Crippen LogP contribution in [0, 0.1) is 62.6 Å². The topological polar surface area (TPSA) is 20.2 Å². The molecule has 1 N–H and O–H groups in total. The van der Waals surface area contributed by atoms with Crippen molar-refractivity contribution in [3.8, 4) is 0 Å². The van der Waals surface area contributed by atoms with Gasteiger partial charge in [-0.1, -0.05) is 55.4 Å². The highest BCUT2D eigenvalue weighted by atomic mass is 32.1. The highest BCUT2D eigenvalue weighted by Gasteiger charge is 2.70. The minimum absolute atomic E-state index is 0.104. The molecule has 0 aromatic carbocycles. The molecule has 5 aliphatic carbocycles. The van der Waals surface area contributed by atoms with Gasteiger partial charge in [-0.05, 0) is 120 Å². The molecule has 12 atom stereocenters. The lowest BCUT2D eigenvalue weighted by atomic mass is 9.31. The number of hydrogen-bond acceptors (Lipinski definition) is 2. The number of aliphatic hydroxyl groups excluding tert-OH is 1. The Morgan fingerprint density at radius 1 is 0.750 bits per heavy atom. The number of fused-ring (bicyclic) bond motifs is 7. The standard InChI is InChI=1S/C30H52OS/c1-18-11-13-27(5)15-16-29(7)20(24(27)19(18)2)9-10-23-28(6)17-21(31)25(32)26(3,4)22(28)12-14-30(23,29)8/h18-25,31-32H,9-17H2,1-8H3/t18-,19+,20-,21?,22+,23-,24+,25?,27-,28+,29-,30-/m1/s1. The van der Waals surface area contributed by atoms with Crippen molar-refractivity contribution < 1.29 is 5.11 Å². The summed E-state index contributed by atoms with van der Waals surface area (Å²) in [5.41, 5.74) is 1.78. The predicted octanol–water partition coefficient (Wildman–Crippen LogP) is 8.01. The van der Waals surface area contributed by atoms with Crippen LogP contribution in [0.3, 0.4) is 0 Å². The summed E-state index contributed by atoms with van der Waals surface area (Å²) >= 11 is 4.95. The fourth-order valence-corrected chi connectivity index (χ4v) is 12.1. The lowest BCUT2D eigenvalue weighted by molar-refractivity contribution is -0.253. The van der Waals surface area contributed by atoms with Crippen LogP contribution < -0.4 is 0 Å². The molecule has 5 fully saturated rings. The van der Waals surface area contributed by atoms with E-state index in [0.717, 1.165) is 36.0 Å². The highest BCUT2D eigenvalue weighted by molar-refractivity contribution is 7.81. The molecular weight excluding hydrogens is 408 g/mol. The lowest BCUT2D eigenvalue weighted by Gasteiger charge is -2.74. The van der Waals surface area contributed by atoms with E-state index in [-0.39, 0.29) is 22.2 Å². The van der Waals surface area contributed by atoms with Gasteiger partial charge in [-0.25, -0.2) is 0 Å². The van der Waals surface area contributed by atoms with E-state index in [2.05, 4.69) is 55.4 Å². The first-order valence-corrected chi connectivity index (χ1v) is 14.6. The van der Waals surface area contributed by atoms with E-state index in [1.165, 1.54) is 51.4 Å². The van der Waals surface area contributed by atoms with Gasteiger partial charge in [0.2, 0.25) is 0 Å². The van der Waals surface area contributed by atoms with E-state index in [1.807, 2.05) is 0 Å². The Morgan fingerprint density at radius 3 is 2.12 bits per heavy atom. The van der Waals surface area contributed by atoms with Crippen molar-refractivity contribution in [1.29, 1.82) is 0 Å². The predicted molar refractivity (Wildman–Crippen MR) is 139 cm³/mol. The summed E-state index contributed by atoms with van der Waals surface area (Å²) in [6, 6.07) is 0. The Hall–Kier alpha value is 0.310. The summed E-state index contributed by atoms with van der Waals surface area (Å²) in [5, 5.41) is 11.3. The maximum Gasteiger partial charge on any atom is 0.0666 e. The monoisotopic (exact) mass is 460 g/mol. The second-order valence-electron chi connectivity index (χ2n) is 15.3. The zero-order chi connectivity index (χ0) is 23.5. The first-order chi connectivity index (χ1) is 14.7. The van der Waals surface area contributed by atoms with Crippen LogP contribution in [0.4, 0.5) is 0 Å². The van der Waals surface area contributed by atoms with Gasteiger partial charge in [0, 0.05) is 5.25 Å². The van der Waals surface area contributed by atoms with Crippen LogP contribution >= 0.6 is 12.6 Å². The third-order valence-electron chi connectivity index (χ3n) is 14.0. The van der Waals surface area contributed by atoms with E-state index < -0.39 is 0 Å². The molecule has 0 radical (unpaired) electrons. The molecule has 0 spiro atoms. The Balaban J connectivity index is 1.55. The lowest BCUT2D eigenvalue weighted by Crippen LogP contribution is -2.68. The Morgan fingerprint density at radius 2 is 1.44 bits per heavy atom. The van der Waals surface area contributed by atoms with Crippen molar-refractivity contribution in [2.75, 3.05) is 0 Å². The van der Waals surface area contributed by atoms with Gasteiger partial charge < -0.3 is 5.11 Å². The number of thiol groups is 1. The second-order valence-corrected chi connectivity index (χ2v) is 15.8. The molecule has 0 heterocycles. The van der Waals surface area contributed by atoms with Gasteiger partial charge in [0.1, 0.15) is 0 Å². The summed E-state index contributed by atoms with van der Waals surface area (Å²) in [6.07, 6.45) is 12.0. The van der Waals surface area contributed by atoms with E-state index in [9.17, 15) is 5.11 Å². The van der Waals surface area contributed by atoms with Gasteiger partial charge in [-0.3, -0.25) is 0 Å². The largest absolute Gasteiger partial charge is 0.392 e. The minimum Gasteiger partial charge on any atom is -0.392 e. The molecule has 184 valence electrons. The van der Waals surface area contributed by atoms with Crippen LogP contribution in [0.2, 0.25) is 0 Å². The molecule has 2 heteroatoms. The van der Waals surface area contributed by atoms with Crippen LogP contribution in [-0.2, 0) is 0 Å². The second kappa shape index (κ2) is 7.18. The Kier molecular flexibility index (Phi) is 5.39. The molecule has 5 rings (SSSR count). The highest BCUT2D eigenvalue weighted by Crippen LogP contribution is 2.77. The quantitative estimate of drug-likeness (QED) is 0.351. The van der Waals surface area contributed by atoms with Crippen LogP contribution in [0.1, 0.15) is 113 Å². The Bertz CT molecular complexity index is 762. The van der Waals surface area contributed by atoms with Crippen molar-refractivity contribution in [3.05, 3.63) is 0 Å². The zero-order valence-corrected chi connectivity index (χ0v) is 23.3. The maximum absolute atomic E-state index is 11.2. The maximum atomic E-state index is 11.2. The minimum atomic E-state index is -0.267. The molecule has 0 aromatic rings. The van der Waals surface area contributed by atoms with Crippen molar-refractivity contribution >= 4 is 12.6 Å². The number of hydrogen-bond donors (Lipinski definition) is 2. The molecule has 0 bridgehead atoms. The van der Waals surface area contributed by atoms with Gasteiger partial charge in [0.15, 0.2) is 0 Å². The van der Waals surface area contributed by atoms with Crippen molar-refractivity contribution in [1.82, 2.24) is 0 Å². The van der Waals surface area contributed by atoms with E-state index in [0.29, 0.717) is 22.2 Å². The zero-order valence-electron chi connectivity index (χ0n) is 22.4. The summed E-state index contributed by atoms with van der Waals surface area (Å²) in [7, 11) is 0. The average Bonchev–Trinajstić information content (AvgIpc) is 2.70. The smallest absolute Gasteiger partial charge is 0.0666 e. The fraction of sp³-hybridized carbons (Fsp3) is 1.00. The third kappa shape index (κ3) is 2.81. The van der Waals surface area contributed by atoms with Gasteiger partial charge in [-0.2, -0.15) is 12.6 Å². The SMILES string of the molecule is C[C@@H]1[C@H]2[C@H]3CC[C@@H]4[C@@]5(C)CC(O)C(S)C(C)(C)[C@@H]5CC[C@@]4(C)[C@]3(C)CC[C@@]2(C)CC[C@H]1C. The summed E-state index contributed by atoms with van der Waals surface area (Å²) in [6.45, 7) is 20.7. The molecule has 5 saturated carbocycles. The normalized spacial score (nSPS) is 61.7. The molecule has 1 nitrogen and oxygen atoms in total. The van der Waals surface area contributed by atoms with Gasteiger partial charge >= 0.3 is 0 Å². The van der Waals surface area contributed by atoms with E-state index in [1.54, 1.807) is 0 Å². The van der Waals surface area contributed by atoms with E-state index >= 15 is 0 Å². The van der Waals surface area contributed by atoms with Crippen molar-refractivity contribution in [3.63, 3.8) is 0 Å². The first-order valence-electron chi connectivity index (χ1n) is 14.1. The molecule has 32 heavy (non-hydrogen) atoms. The number of aliphatic hydroxyl groups is 1. The third-order valence-corrected chi connectivity index (χ3v) is 15.0. The molecular formula is C30H52OS. The van der Waals surface area contributed by atoms with Gasteiger partial charge in [-0.15, -0.1) is 0 Å². The van der Waals surface area contributed by atoms with Gasteiger partial charge in [0.25, 0.3) is 0 Å². The molecule has 5 aliphatic rings. The first kappa shape index (κ1) is 24.0. The van der Waals surface area contributed by atoms with E-state index in [4.69, 9.17) is 12.6 Å². The molecule has 0 saturated heterocycles. The molecule has 2 unspecified atom stereocenters. The molecule has 0 aromatic heterocycles. The number of rotatable bonds is 0. The van der Waals surface area contributed by atoms with Gasteiger partial charge in [0.05, 0.1) is 6.10 Å². The Labute approximate surface area is 204 Å². The van der Waals surface area contributed by atoms with Crippen LogP contribution in [-0.4, -0.2) is 16.5 Å². The summed E-state index contributed by atoms with van der Waals surface area (Å²) in [4.78, 5) is 0. The van der Waals surface area contributed by atoms with Crippen molar-refractivity contribution in [2.45, 2.75) is 125 Å². The van der Waals surface area contributed by atoms with Crippen LogP contribution in [0.5, 0.6) is 0 Å². The summed E-state index contributed by atoms with van der Waals surface area (Å²) in [5.74, 6) is 4.97. The molecule has 0 aliphatic heterocycles. The average molecular weight is 461 g/mol. The fourth-order valence-electron chi connectivity index (χ4n) is 11.8. The van der Waals surface area contributed by atoms with Crippen LogP contribution in [0.15, 0.2) is 0 Å². The van der Waals surface area contributed by atoms with Crippen LogP contribution in [0.25, 0.3) is 0 Å². The summed E-state index contributed by atoms with van der Waals surface area (Å²) < 4.78 is 0.